The summed E-state index contributed by atoms with van der Waals surface area (Å²) in [6.07, 6.45) is 0. The van der Waals surface area contributed by atoms with Gasteiger partial charge in [-0.05, 0) is 42.7 Å². The van der Waals surface area contributed by atoms with Crippen LogP contribution in [0.2, 0.25) is 0 Å². The van der Waals surface area contributed by atoms with E-state index in [0.29, 0.717) is 0 Å². The molecule has 2 aromatic carbocycles. The van der Waals surface area contributed by atoms with Gasteiger partial charge >= 0.3 is 0 Å². The van der Waals surface area contributed by atoms with Crippen LogP contribution in [-0.2, 0) is 13.1 Å². The van der Waals surface area contributed by atoms with E-state index in [4.69, 9.17) is 0 Å². The van der Waals surface area contributed by atoms with Gasteiger partial charge in [0.15, 0.2) is 0 Å². The number of fused-ring (bicyclic) bond motifs is 1. The Hall–Kier alpha value is -1.28. The molecule has 2 aromatic rings. The number of rotatable bonds is 1. The Morgan fingerprint density at radius 3 is 2.61 bits per heavy atom. The third-order valence-corrected chi connectivity index (χ3v) is 4.52. The number of anilines is 1. The van der Waals surface area contributed by atoms with Crippen LogP contribution in [0.15, 0.2) is 40.9 Å². The molecule has 0 bridgehead atoms. The highest BCUT2D eigenvalue weighted by Crippen LogP contribution is 2.33. The summed E-state index contributed by atoms with van der Waals surface area (Å²) in [4.78, 5) is 2.45. The highest BCUT2D eigenvalue weighted by molar-refractivity contribution is 9.10. The normalized spacial score (nSPS) is 13.8. The lowest BCUT2D eigenvalue weighted by Gasteiger charge is -2.20. The first-order valence-electron chi connectivity index (χ1n) is 6.23. The minimum Gasteiger partial charge on any atom is -0.363 e. The van der Waals surface area contributed by atoms with Crippen LogP contribution >= 0.6 is 15.9 Å². The summed E-state index contributed by atoms with van der Waals surface area (Å²) in [6, 6.07) is 13.2. The number of benzene rings is 2. The number of nitrogens with zero attached hydrogens (tertiary/aromatic N) is 1. The van der Waals surface area contributed by atoms with Gasteiger partial charge in [-0.25, -0.2) is 0 Å². The summed E-state index contributed by atoms with van der Waals surface area (Å²) < 4.78 is 1.19. The summed E-state index contributed by atoms with van der Waals surface area (Å²) in [5.41, 5.74) is 6.93. The average Bonchev–Trinajstić information content (AvgIpc) is 2.75. The fraction of sp³-hybridized carbons (Fsp3) is 0.250. The van der Waals surface area contributed by atoms with Crippen LogP contribution in [0.3, 0.4) is 0 Å². The molecule has 18 heavy (non-hydrogen) atoms. The van der Waals surface area contributed by atoms with Crippen molar-refractivity contribution in [2.75, 3.05) is 4.90 Å². The minimum absolute atomic E-state index is 1.02. The molecule has 0 N–H and O–H groups in total. The van der Waals surface area contributed by atoms with Crippen molar-refractivity contribution in [1.82, 2.24) is 0 Å². The maximum atomic E-state index is 3.61. The van der Waals surface area contributed by atoms with E-state index in [9.17, 15) is 0 Å². The van der Waals surface area contributed by atoms with Crippen molar-refractivity contribution in [3.8, 4) is 0 Å². The third kappa shape index (κ3) is 1.95. The fourth-order valence-electron chi connectivity index (χ4n) is 2.63. The molecular formula is C16H16BrN. The van der Waals surface area contributed by atoms with E-state index in [1.165, 1.54) is 32.4 Å². The van der Waals surface area contributed by atoms with Crippen LogP contribution in [0, 0.1) is 13.8 Å². The zero-order chi connectivity index (χ0) is 12.7. The number of halogens is 1. The first-order valence-corrected chi connectivity index (χ1v) is 7.03. The molecule has 0 saturated carbocycles. The molecule has 1 heterocycles. The molecule has 0 atom stereocenters. The monoisotopic (exact) mass is 301 g/mol. The van der Waals surface area contributed by atoms with Crippen molar-refractivity contribution in [3.05, 3.63) is 63.1 Å². The zero-order valence-electron chi connectivity index (χ0n) is 10.7. The number of aryl methyl sites for hydroxylation is 1. The summed E-state index contributed by atoms with van der Waals surface area (Å²) in [5, 5.41) is 0. The van der Waals surface area contributed by atoms with Crippen LogP contribution in [0.25, 0.3) is 0 Å². The van der Waals surface area contributed by atoms with Gasteiger partial charge in [-0.15, -0.1) is 0 Å². The molecule has 0 unspecified atom stereocenters. The largest absolute Gasteiger partial charge is 0.363 e. The van der Waals surface area contributed by atoms with Gasteiger partial charge in [0.25, 0.3) is 0 Å². The van der Waals surface area contributed by atoms with E-state index in [-0.39, 0.29) is 0 Å². The summed E-state index contributed by atoms with van der Waals surface area (Å²) in [7, 11) is 0. The average molecular weight is 302 g/mol. The second-order valence-corrected chi connectivity index (χ2v) is 5.87. The predicted octanol–water partition coefficient (Wildman–Crippen LogP) is 4.59. The molecule has 1 nitrogen and oxygen atoms in total. The SMILES string of the molecule is Cc1ccc2c(c1)CN(c1cccc(Br)c1C)C2. The van der Waals surface area contributed by atoms with Crippen molar-refractivity contribution < 1.29 is 0 Å². The third-order valence-electron chi connectivity index (χ3n) is 3.66. The van der Waals surface area contributed by atoms with E-state index >= 15 is 0 Å². The van der Waals surface area contributed by atoms with Crippen LogP contribution in [-0.4, -0.2) is 0 Å². The molecule has 0 aliphatic carbocycles. The van der Waals surface area contributed by atoms with E-state index in [0.717, 1.165) is 13.1 Å². The highest BCUT2D eigenvalue weighted by atomic mass is 79.9. The first-order chi connectivity index (χ1) is 8.65. The lowest BCUT2D eigenvalue weighted by Crippen LogP contribution is -2.15. The Bertz CT molecular complexity index is 604. The van der Waals surface area contributed by atoms with Gasteiger partial charge in [0.1, 0.15) is 0 Å². The fourth-order valence-corrected chi connectivity index (χ4v) is 2.99. The predicted molar refractivity (Wildman–Crippen MR) is 79.9 cm³/mol. The molecular weight excluding hydrogens is 286 g/mol. The van der Waals surface area contributed by atoms with E-state index in [1.807, 2.05) is 0 Å². The molecule has 1 aliphatic rings. The standard InChI is InChI=1S/C16H16BrN/c1-11-6-7-13-9-18(10-14(13)8-11)16-5-3-4-15(17)12(16)2/h3-8H,9-10H2,1-2H3. The molecule has 0 fully saturated rings. The summed E-state index contributed by atoms with van der Waals surface area (Å²) in [5.74, 6) is 0. The van der Waals surface area contributed by atoms with Crippen molar-refractivity contribution in [2.24, 2.45) is 0 Å². The van der Waals surface area contributed by atoms with Gasteiger partial charge in [-0.2, -0.15) is 0 Å². The first kappa shape index (κ1) is 11.8. The molecule has 0 aromatic heterocycles. The molecule has 1 aliphatic heterocycles. The molecule has 3 rings (SSSR count). The quantitative estimate of drug-likeness (QED) is 0.745. The smallest absolute Gasteiger partial charge is 0.0436 e. The Morgan fingerprint density at radius 2 is 1.78 bits per heavy atom. The van der Waals surface area contributed by atoms with Crippen LogP contribution in [0.4, 0.5) is 5.69 Å². The van der Waals surface area contributed by atoms with Crippen molar-refractivity contribution >= 4 is 21.6 Å². The second-order valence-electron chi connectivity index (χ2n) is 5.01. The number of hydrogen-bond donors (Lipinski definition) is 0. The van der Waals surface area contributed by atoms with Gasteiger partial charge in [0, 0.05) is 23.2 Å². The summed E-state index contributed by atoms with van der Waals surface area (Å²) >= 11 is 3.61. The van der Waals surface area contributed by atoms with Gasteiger partial charge < -0.3 is 4.90 Å². The Morgan fingerprint density at radius 1 is 1.00 bits per heavy atom. The van der Waals surface area contributed by atoms with Crippen molar-refractivity contribution in [2.45, 2.75) is 26.9 Å². The molecule has 92 valence electrons. The Kier molecular flexibility index (Phi) is 2.90. The van der Waals surface area contributed by atoms with Crippen molar-refractivity contribution in [3.63, 3.8) is 0 Å². The maximum absolute atomic E-state index is 3.61. The Labute approximate surface area is 117 Å². The van der Waals surface area contributed by atoms with Crippen LogP contribution in [0.1, 0.15) is 22.3 Å². The van der Waals surface area contributed by atoms with Gasteiger partial charge in [0.2, 0.25) is 0 Å². The minimum atomic E-state index is 1.02. The van der Waals surface area contributed by atoms with Crippen molar-refractivity contribution in [1.29, 1.82) is 0 Å². The Balaban J connectivity index is 1.96. The van der Waals surface area contributed by atoms with Crippen LogP contribution in [0.5, 0.6) is 0 Å². The van der Waals surface area contributed by atoms with E-state index < -0.39 is 0 Å². The molecule has 0 spiro atoms. The summed E-state index contributed by atoms with van der Waals surface area (Å²) in [6.45, 7) is 6.38. The van der Waals surface area contributed by atoms with E-state index in [1.54, 1.807) is 0 Å². The zero-order valence-corrected chi connectivity index (χ0v) is 12.3. The van der Waals surface area contributed by atoms with Gasteiger partial charge in [-0.1, -0.05) is 45.8 Å². The second kappa shape index (κ2) is 4.43. The van der Waals surface area contributed by atoms with Gasteiger partial charge in [0.05, 0.1) is 0 Å². The maximum Gasteiger partial charge on any atom is 0.0436 e. The molecule has 2 heteroatoms. The molecule has 0 saturated heterocycles. The lowest BCUT2D eigenvalue weighted by molar-refractivity contribution is 0.874. The molecule has 0 radical (unpaired) electrons. The highest BCUT2D eigenvalue weighted by Gasteiger charge is 2.20. The topological polar surface area (TPSA) is 3.24 Å². The lowest BCUT2D eigenvalue weighted by atomic mass is 10.1. The molecule has 0 amide bonds. The van der Waals surface area contributed by atoms with Gasteiger partial charge in [-0.3, -0.25) is 0 Å². The van der Waals surface area contributed by atoms with Crippen LogP contribution < -0.4 is 4.90 Å². The number of hydrogen-bond acceptors (Lipinski definition) is 1. The van der Waals surface area contributed by atoms with E-state index in [2.05, 4.69) is 71.1 Å².